The Hall–Kier alpha value is -1.94. The third-order valence-corrected chi connectivity index (χ3v) is 22.6. The molecule has 0 rings (SSSR count). The third-order valence-electron chi connectivity index (χ3n) is 20.7. The highest BCUT2D eigenvalue weighted by Crippen LogP contribution is 2.45. The molecule has 0 fully saturated rings. The average Bonchev–Trinajstić information content (AvgIpc) is 0.900. The summed E-state index contributed by atoms with van der Waals surface area (Å²) < 4.78 is 68.9. The molecule has 3 unspecified atom stereocenters. The summed E-state index contributed by atoms with van der Waals surface area (Å²) in [5, 5.41) is 10.7. The first-order valence-electron chi connectivity index (χ1n) is 44.9. The summed E-state index contributed by atoms with van der Waals surface area (Å²) in [4.78, 5) is 73.2. The fourth-order valence-corrected chi connectivity index (χ4v) is 15.1. The smallest absolute Gasteiger partial charge is 0.462 e. The maximum Gasteiger partial charge on any atom is 0.472 e. The maximum atomic E-state index is 13.2. The van der Waals surface area contributed by atoms with Crippen LogP contribution in [-0.4, -0.2) is 96.7 Å². The zero-order valence-corrected chi connectivity index (χ0v) is 71.7. The van der Waals surface area contributed by atoms with Gasteiger partial charge in [0.05, 0.1) is 26.4 Å². The van der Waals surface area contributed by atoms with Gasteiger partial charge in [0, 0.05) is 25.7 Å². The predicted molar refractivity (Wildman–Crippen MR) is 437 cm³/mol. The van der Waals surface area contributed by atoms with E-state index in [1.165, 1.54) is 270 Å². The van der Waals surface area contributed by atoms with Gasteiger partial charge < -0.3 is 33.8 Å². The van der Waals surface area contributed by atoms with Crippen molar-refractivity contribution in [3.63, 3.8) is 0 Å². The summed E-state index contributed by atoms with van der Waals surface area (Å²) in [6, 6.07) is 0. The Balaban J connectivity index is 5.23. The van der Waals surface area contributed by atoms with Gasteiger partial charge in [0.2, 0.25) is 0 Å². The van der Waals surface area contributed by atoms with Crippen molar-refractivity contribution in [3.05, 3.63) is 0 Å². The van der Waals surface area contributed by atoms with Crippen molar-refractivity contribution >= 4 is 39.5 Å². The van der Waals surface area contributed by atoms with Gasteiger partial charge in [-0.2, -0.15) is 0 Å². The molecule has 0 saturated heterocycles. The van der Waals surface area contributed by atoms with Gasteiger partial charge in [0.15, 0.2) is 12.2 Å². The van der Waals surface area contributed by atoms with Crippen LogP contribution in [0.15, 0.2) is 0 Å². The second-order valence-electron chi connectivity index (χ2n) is 32.5. The second-order valence-corrected chi connectivity index (χ2v) is 35.4. The van der Waals surface area contributed by atoms with Crippen LogP contribution in [0.25, 0.3) is 0 Å². The van der Waals surface area contributed by atoms with Gasteiger partial charge >= 0.3 is 39.5 Å². The highest BCUT2D eigenvalue weighted by atomic mass is 31.2. The number of rotatable bonds is 85. The first-order valence-corrected chi connectivity index (χ1v) is 47.9. The van der Waals surface area contributed by atoms with E-state index in [-0.39, 0.29) is 25.7 Å². The largest absolute Gasteiger partial charge is 0.472 e. The average molecular weight is 1550 g/mol. The minimum Gasteiger partial charge on any atom is -0.462 e. The molecular weight excluding hydrogens is 1380 g/mol. The van der Waals surface area contributed by atoms with E-state index in [4.69, 9.17) is 37.0 Å². The monoisotopic (exact) mass is 1550 g/mol. The molecule has 0 aliphatic heterocycles. The lowest BCUT2D eigenvalue weighted by molar-refractivity contribution is -0.161. The Morgan fingerprint density at radius 1 is 0.274 bits per heavy atom. The Morgan fingerprint density at radius 2 is 0.481 bits per heavy atom. The van der Waals surface area contributed by atoms with Crippen molar-refractivity contribution in [3.8, 4) is 0 Å². The summed E-state index contributed by atoms with van der Waals surface area (Å²) >= 11 is 0. The Labute approximate surface area is 651 Å². The molecule has 0 spiro atoms. The van der Waals surface area contributed by atoms with Crippen molar-refractivity contribution in [1.29, 1.82) is 0 Å². The number of hydrogen-bond donors (Lipinski definition) is 3. The molecule has 0 aromatic heterocycles. The van der Waals surface area contributed by atoms with Crippen molar-refractivity contribution in [2.24, 2.45) is 17.8 Å². The standard InChI is InChI=1S/C87H170O17P2/c1-8-10-11-12-13-14-15-16-17-18-19-20-21-22-23-28-31-34-40-49-56-63-70-86(91)103-82(74-97-84(89)68-61-54-47-39-33-30-27-25-24-26-29-32-37-44-51-58-65-78(3)4)76-101-105(93,94)99-72-81(88)73-100-106(95,96)102-77-83(75-98-85(90)69-62-55-48-43-42-45-52-59-66-79(5)6)104-87(92)71-64-57-50-41-36-35-38-46-53-60-67-80(7)9-2/h78-83,88H,8-77H2,1-7H3,(H,93,94)(H,95,96)/t80?,81-,82-,83-/m1/s1. The fraction of sp³-hybridized carbons (Fsp3) is 0.954. The number of aliphatic hydroxyl groups excluding tert-OH is 1. The number of esters is 4. The fourth-order valence-electron chi connectivity index (χ4n) is 13.5. The van der Waals surface area contributed by atoms with Crippen LogP contribution in [0.3, 0.4) is 0 Å². The van der Waals surface area contributed by atoms with Crippen LogP contribution in [0, 0.1) is 17.8 Å². The second kappa shape index (κ2) is 77.0. The van der Waals surface area contributed by atoms with Gasteiger partial charge in [-0.3, -0.25) is 37.3 Å². The third kappa shape index (κ3) is 78.7. The van der Waals surface area contributed by atoms with Crippen LogP contribution < -0.4 is 0 Å². The molecule has 0 heterocycles. The molecule has 0 saturated carbocycles. The van der Waals surface area contributed by atoms with Gasteiger partial charge in [-0.15, -0.1) is 0 Å². The van der Waals surface area contributed by atoms with Crippen LogP contribution >= 0.6 is 15.6 Å². The van der Waals surface area contributed by atoms with Gasteiger partial charge in [-0.1, -0.05) is 408 Å². The molecule has 106 heavy (non-hydrogen) atoms. The molecule has 3 N–H and O–H groups in total. The van der Waals surface area contributed by atoms with E-state index >= 15 is 0 Å². The first kappa shape index (κ1) is 104. The van der Waals surface area contributed by atoms with E-state index < -0.39 is 97.5 Å². The molecule has 19 heteroatoms. The van der Waals surface area contributed by atoms with Gasteiger partial charge in [-0.25, -0.2) is 9.13 Å². The highest BCUT2D eigenvalue weighted by molar-refractivity contribution is 7.47. The Kier molecular flexibility index (Phi) is 75.6. The lowest BCUT2D eigenvalue weighted by Crippen LogP contribution is -2.30. The first-order chi connectivity index (χ1) is 51.3. The van der Waals surface area contributed by atoms with Crippen LogP contribution in [-0.2, 0) is 65.4 Å². The van der Waals surface area contributed by atoms with Crippen LogP contribution in [0.1, 0.15) is 459 Å². The van der Waals surface area contributed by atoms with Crippen LogP contribution in [0.5, 0.6) is 0 Å². The molecule has 630 valence electrons. The van der Waals surface area contributed by atoms with Crippen molar-refractivity contribution in [2.75, 3.05) is 39.6 Å². The summed E-state index contributed by atoms with van der Waals surface area (Å²) in [7, 11) is -9.93. The molecule has 0 aromatic rings. The predicted octanol–water partition coefficient (Wildman–Crippen LogP) is 26.5. The molecule has 17 nitrogen and oxygen atoms in total. The zero-order valence-electron chi connectivity index (χ0n) is 69.9. The molecule has 0 aromatic carbocycles. The lowest BCUT2D eigenvalue weighted by atomic mass is 9.99. The number of phosphoric ester groups is 2. The number of aliphatic hydroxyl groups is 1. The van der Waals surface area contributed by atoms with E-state index in [2.05, 4.69) is 48.5 Å². The number of unbranched alkanes of at least 4 members (excludes halogenated alkanes) is 52. The molecule has 0 aliphatic carbocycles. The van der Waals surface area contributed by atoms with Gasteiger partial charge in [0.1, 0.15) is 19.3 Å². The van der Waals surface area contributed by atoms with Crippen LogP contribution in [0.4, 0.5) is 0 Å². The number of carbonyl (C=O) groups excluding carboxylic acids is 4. The van der Waals surface area contributed by atoms with Gasteiger partial charge in [-0.05, 0) is 43.4 Å². The number of ether oxygens (including phenoxy) is 4. The topological polar surface area (TPSA) is 237 Å². The van der Waals surface area contributed by atoms with E-state index in [9.17, 15) is 43.2 Å². The minimum atomic E-state index is -4.97. The molecule has 0 bridgehead atoms. The Morgan fingerprint density at radius 3 is 0.717 bits per heavy atom. The van der Waals surface area contributed by atoms with Crippen molar-refractivity contribution in [2.45, 2.75) is 478 Å². The molecule has 0 radical (unpaired) electrons. The van der Waals surface area contributed by atoms with E-state index in [1.807, 2.05) is 0 Å². The summed E-state index contributed by atoms with van der Waals surface area (Å²) in [5.41, 5.74) is 0. The minimum absolute atomic E-state index is 0.106. The quantitative estimate of drug-likeness (QED) is 0.0222. The van der Waals surface area contributed by atoms with E-state index in [1.54, 1.807) is 0 Å². The van der Waals surface area contributed by atoms with Gasteiger partial charge in [0.25, 0.3) is 0 Å². The SMILES string of the molecule is CCCCCCCCCCCCCCCCCCCCCCCCC(=O)O[C@H](COC(=O)CCCCCCCCCCCCCCCCCCC(C)C)COP(=O)(O)OC[C@@H](O)COP(=O)(O)OC[C@@H](COC(=O)CCCCCCCCCCC(C)C)OC(=O)CCCCCCCCCCCCC(C)CC. The summed E-state index contributed by atoms with van der Waals surface area (Å²) in [5.74, 6) is 0.236. The van der Waals surface area contributed by atoms with E-state index in [0.717, 1.165) is 108 Å². The van der Waals surface area contributed by atoms with Crippen LogP contribution in [0.2, 0.25) is 0 Å². The summed E-state index contributed by atoms with van der Waals surface area (Å²) in [6.45, 7) is 12.0. The lowest BCUT2D eigenvalue weighted by Gasteiger charge is -2.21. The number of carbonyl (C=O) groups is 4. The molecule has 6 atom stereocenters. The normalized spacial score (nSPS) is 14.1. The van der Waals surface area contributed by atoms with Crippen molar-refractivity contribution < 1.29 is 80.2 Å². The maximum absolute atomic E-state index is 13.2. The van der Waals surface area contributed by atoms with E-state index in [0.29, 0.717) is 25.7 Å². The number of phosphoric acid groups is 2. The van der Waals surface area contributed by atoms with Crippen molar-refractivity contribution in [1.82, 2.24) is 0 Å². The number of hydrogen-bond acceptors (Lipinski definition) is 15. The molecule has 0 aliphatic rings. The zero-order chi connectivity index (χ0) is 77.9. The summed E-state index contributed by atoms with van der Waals surface area (Å²) in [6.07, 6.45) is 68.1. The molecular formula is C87H170O17P2. The Bertz CT molecular complexity index is 2050. The highest BCUT2D eigenvalue weighted by Gasteiger charge is 2.31. The molecule has 0 amide bonds.